The van der Waals surface area contributed by atoms with E-state index in [0.29, 0.717) is 0 Å². The van der Waals surface area contributed by atoms with Crippen LogP contribution in [0.15, 0.2) is 0 Å². The van der Waals surface area contributed by atoms with Crippen LogP contribution in [-0.2, 0) is 82.2 Å². The Labute approximate surface area is 135 Å². The maximum absolute atomic E-state index is 8.59. The minimum atomic E-state index is -5.75. The third-order valence-corrected chi connectivity index (χ3v) is 0. The van der Waals surface area contributed by atoms with Crippen LogP contribution in [0.25, 0.3) is 0 Å². The molecule has 0 aliphatic rings. The van der Waals surface area contributed by atoms with Crippen LogP contribution in [-0.4, -0.2) is 0 Å². The van der Waals surface area contributed by atoms with E-state index in [4.69, 9.17) is 47.8 Å². The molecule has 0 fully saturated rings. The monoisotopic (exact) mass is 422 g/mol. The summed E-state index contributed by atoms with van der Waals surface area (Å²) in [5.74, 6) is 0. The van der Waals surface area contributed by atoms with Crippen molar-refractivity contribution in [1.29, 1.82) is 0 Å². The topological polar surface area (TPSA) is 241 Å². The largest absolute Gasteiger partial charge is 5.00 e. The van der Waals surface area contributed by atoms with Gasteiger partial charge in [0.05, 0.1) is 0 Å². The summed E-state index contributed by atoms with van der Waals surface area (Å²) in [6, 6.07) is 0. The van der Waals surface area contributed by atoms with Crippen molar-refractivity contribution < 1.29 is 137 Å². The molecule has 0 spiro atoms. The fourth-order valence-electron chi connectivity index (χ4n) is 0. The smallest absolute Gasteiger partial charge is 5.00 e. The molecule has 0 unspecified atom stereocenters. The van der Waals surface area contributed by atoms with Crippen molar-refractivity contribution in [3.8, 4) is 0 Å². The van der Waals surface area contributed by atoms with E-state index >= 15 is 0 Å². The fraction of sp³-hybridized carbons (Fsp3) is 0. The van der Waals surface area contributed by atoms with Gasteiger partial charge in [0, 0.05) is 0 Å². The molecule has 0 heterocycles. The van der Waals surface area contributed by atoms with Crippen molar-refractivity contribution in [1.82, 2.24) is 0 Å². The van der Waals surface area contributed by atoms with Crippen molar-refractivity contribution in [2.24, 2.45) is 0 Å². The Kier molecular flexibility index (Phi) is 23.4. The van der Waals surface area contributed by atoms with Crippen molar-refractivity contribution in [3.05, 3.63) is 0 Å². The van der Waals surface area contributed by atoms with E-state index in [9.17, 15) is 0 Å². The standard InChI is InChI=1S/3Cr.Na.12O.V/q;;;+1;;;;;;;6*-1;+5. The average Bonchev–Trinajstić information content (AvgIpc) is 1.41. The summed E-state index contributed by atoms with van der Waals surface area (Å²) in [5.41, 5.74) is 0. The number of hydrogen-bond donors (Lipinski definition) is 0. The Morgan fingerprint density at radius 1 is 0.471 bits per heavy atom. The third-order valence-electron chi connectivity index (χ3n) is 0. The van der Waals surface area contributed by atoms with Crippen LogP contribution in [0.3, 0.4) is 0 Å². The van der Waals surface area contributed by atoms with Gasteiger partial charge in [-0.15, -0.1) is 0 Å². The van der Waals surface area contributed by atoms with Crippen LogP contribution < -0.4 is 54.5 Å². The van der Waals surface area contributed by atoms with Crippen LogP contribution in [0.1, 0.15) is 0 Å². The van der Waals surface area contributed by atoms with Gasteiger partial charge in [-0.3, -0.25) is 0 Å². The quantitative estimate of drug-likeness (QED) is 0.331. The molecule has 0 aliphatic carbocycles. The first-order valence-corrected chi connectivity index (χ1v) is 8.25. The summed E-state index contributed by atoms with van der Waals surface area (Å²) in [6.45, 7) is 0. The summed E-state index contributed by atoms with van der Waals surface area (Å²) in [5, 5.41) is 0. The maximum atomic E-state index is 8.59. The van der Waals surface area contributed by atoms with Gasteiger partial charge in [0.1, 0.15) is 0 Å². The van der Waals surface area contributed by atoms with E-state index in [1.807, 2.05) is 0 Å². The molecular weight excluding hydrogens is 422 g/mol. The van der Waals surface area contributed by atoms with E-state index in [2.05, 4.69) is 0 Å². The van der Waals surface area contributed by atoms with E-state index in [-0.39, 0.29) is 48.1 Å². The van der Waals surface area contributed by atoms with Crippen molar-refractivity contribution in [2.75, 3.05) is 0 Å². The first kappa shape index (κ1) is 31.2. The van der Waals surface area contributed by atoms with Gasteiger partial charge >= 0.3 is 137 Å². The molecule has 0 N–H and O–H groups in total. The molecule has 0 radical (unpaired) electrons. The molecule has 0 rings (SSSR count). The van der Waals surface area contributed by atoms with Crippen molar-refractivity contribution in [2.45, 2.75) is 0 Å². The van der Waals surface area contributed by atoms with Crippen LogP contribution in [0.4, 0.5) is 0 Å². The molecule has 0 aliphatic heterocycles. The molecule has 17 heavy (non-hydrogen) atoms. The summed E-state index contributed by atoms with van der Waals surface area (Å²) < 4.78 is 103. The summed E-state index contributed by atoms with van der Waals surface area (Å²) in [6.07, 6.45) is 0. The van der Waals surface area contributed by atoms with Crippen LogP contribution in [0.5, 0.6) is 0 Å². The average molecular weight is 422 g/mol. The molecule has 0 amide bonds. The maximum Gasteiger partial charge on any atom is 5.00 e. The summed E-state index contributed by atoms with van der Waals surface area (Å²) >= 11 is -17.2. The fourth-order valence-corrected chi connectivity index (χ4v) is 0. The van der Waals surface area contributed by atoms with Crippen molar-refractivity contribution >= 4 is 0 Å². The Morgan fingerprint density at radius 2 is 0.471 bits per heavy atom. The first-order chi connectivity index (χ1) is 6.00. The van der Waals surface area contributed by atoms with Gasteiger partial charge in [0.15, 0.2) is 0 Å². The van der Waals surface area contributed by atoms with Crippen LogP contribution in [0.2, 0.25) is 0 Å². The molecule has 12 nitrogen and oxygen atoms in total. The Hall–Kier alpha value is 1.74. The second kappa shape index (κ2) is 12.8. The second-order valence-electron chi connectivity index (χ2n) is 1.22. The predicted octanol–water partition coefficient (Wildman–Crippen LogP) is -10.9. The van der Waals surface area contributed by atoms with Crippen LogP contribution in [0, 0.1) is 0 Å². The molecule has 0 aromatic heterocycles. The molecule has 96 valence electrons. The van der Waals surface area contributed by atoms with Gasteiger partial charge in [0.2, 0.25) is 0 Å². The molecule has 0 bridgehead atoms. The molecule has 0 saturated carbocycles. The normalized spacial score (nSPS) is 10.2. The molecule has 0 saturated heterocycles. The minimum Gasteiger partial charge on any atom is 5.00 e. The van der Waals surface area contributed by atoms with E-state index in [1.54, 1.807) is 0 Å². The zero-order valence-electron chi connectivity index (χ0n) is 7.57. The van der Waals surface area contributed by atoms with Gasteiger partial charge in [-0.25, -0.2) is 0 Å². The molecule has 0 aromatic rings. The Morgan fingerprint density at radius 3 is 0.471 bits per heavy atom. The minimum absolute atomic E-state index is 0. The molecule has 0 atom stereocenters. The van der Waals surface area contributed by atoms with Crippen LogP contribution >= 0.6 is 0 Å². The molecule has 17 heteroatoms. The van der Waals surface area contributed by atoms with Gasteiger partial charge in [-0.2, -0.15) is 0 Å². The summed E-state index contributed by atoms with van der Waals surface area (Å²) in [4.78, 5) is 0. The van der Waals surface area contributed by atoms with Crippen molar-refractivity contribution in [3.63, 3.8) is 0 Å². The zero-order valence-corrected chi connectivity index (χ0v) is 14.8. The van der Waals surface area contributed by atoms with Gasteiger partial charge < -0.3 is 0 Å². The van der Waals surface area contributed by atoms with Gasteiger partial charge in [-0.05, 0) is 0 Å². The second-order valence-corrected chi connectivity index (χ2v) is 5.05. The predicted molar refractivity (Wildman–Crippen MR) is 4.12 cm³/mol. The number of rotatable bonds is 0. The third kappa shape index (κ3) is 1450. The first-order valence-electron chi connectivity index (χ1n) is 2.00. The Bertz CT molecular complexity index is 343. The van der Waals surface area contributed by atoms with E-state index in [1.165, 1.54) is 0 Å². The number of hydrogen-bond acceptors (Lipinski definition) is 12. The molecule has 0 aromatic carbocycles. The van der Waals surface area contributed by atoms with E-state index in [0.717, 1.165) is 0 Å². The van der Waals surface area contributed by atoms with Gasteiger partial charge in [0.25, 0.3) is 0 Å². The van der Waals surface area contributed by atoms with E-state index < -0.39 is 40.8 Å². The molecular formula is Cr3NaO12V. The Balaban J connectivity index is -0.0000000400. The zero-order chi connectivity index (χ0) is 13.5. The SMILES string of the molecule is [Na+].[O]=[Cr](=[O])([O-])[O-].[O]=[Cr](=[O])([O-])[O-].[O]=[Cr](=[O])([O-])[O-].[V+5]. The summed E-state index contributed by atoms with van der Waals surface area (Å²) in [7, 11) is 0. The van der Waals surface area contributed by atoms with Gasteiger partial charge in [-0.1, -0.05) is 0 Å².